The molecular weight excluding hydrogens is 196 g/mol. The van der Waals surface area contributed by atoms with Gasteiger partial charge in [-0.1, -0.05) is 56.2 Å². The Morgan fingerprint density at radius 3 is 2.50 bits per heavy atom. The van der Waals surface area contributed by atoms with Gasteiger partial charge in [-0.25, -0.2) is 0 Å². The predicted octanol–water partition coefficient (Wildman–Crippen LogP) is 3.81. The van der Waals surface area contributed by atoms with E-state index in [-0.39, 0.29) is 6.61 Å². The number of allylic oxidation sites excluding steroid dienone is 1. The number of unbranched alkanes of at least 4 members (excludes halogenated alkanes) is 3. The molecule has 0 saturated heterocycles. The van der Waals surface area contributed by atoms with Crippen LogP contribution < -0.4 is 0 Å². The number of rotatable bonds is 7. The highest BCUT2D eigenvalue weighted by Gasteiger charge is 1.91. The van der Waals surface area contributed by atoms with Crippen LogP contribution in [0.4, 0.5) is 0 Å². The van der Waals surface area contributed by atoms with Crippen LogP contribution in [0.3, 0.4) is 0 Å². The molecule has 1 heteroatoms. The molecule has 0 bridgehead atoms. The van der Waals surface area contributed by atoms with Crippen LogP contribution in [-0.4, -0.2) is 11.7 Å². The first kappa shape index (κ1) is 13.0. The van der Waals surface area contributed by atoms with Gasteiger partial charge in [0.05, 0.1) is 0 Å². The van der Waals surface area contributed by atoms with Crippen LogP contribution in [0.1, 0.15) is 43.7 Å². The molecule has 0 aliphatic rings. The zero-order valence-corrected chi connectivity index (χ0v) is 10.2. The quantitative estimate of drug-likeness (QED) is 0.690. The first-order valence-electron chi connectivity index (χ1n) is 6.23. The maximum absolute atomic E-state index is 8.80. The molecule has 1 rings (SSSR count). The lowest BCUT2D eigenvalue weighted by molar-refractivity contribution is 0.299. The molecule has 0 heterocycles. The molecular formula is C15H22O. The summed E-state index contributed by atoms with van der Waals surface area (Å²) in [5.41, 5.74) is 2.45. The summed E-state index contributed by atoms with van der Waals surface area (Å²) < 4.78 is 0. The second-order valence-electron chi connectivity index (χ2n) is 4.11. The predicted molar refractivity (Wildman–Crippen MR) is 70.4 cm³/mol. The minimum atomic E-state index is 0.228. The van der Waals surface area contributed by atoms with E-state index in [1.165, 1.54) is 36.8 Å². The van der Waals surface area contributed by atoms with Gasteiger partial charge in [0.2, 0.25) is 0 Å². The first-order chi connectivity index (χ1) is 7.86. The average Bonchev–Trinajstić information content (AvgIpc) is 2.31. The summed E-state index contributed by atoms with van der Waals surface area (Å²) in [7, 11) is 0. The summed E-state index contributed by atoms with van der Waals surface area (Å²) in [6.07, 6.45) is 10.2. The summed E-state index contributed by atoms with van der Waals surface area (Å²) in [6.45, 7) is 2.45. The summed E-state index contributed by atoms with van der Waals surface area (Å²) in [5.74, 6) is 0. The lowest BCUT2D eigenvalue weighted by atomic mass is 10.1. The van der Waals surface area contributed by atoms with Crippen LogP contribution in [0.2, 0.25) is 0 Å². The fourth-order valence-electron chi connectivity index (χ4n) is 1.66. The highest BCUT2D eigenvalue weighted by molar-refractivity contribution is 5.49. The molecule has 0 aliphatic heterocycles. The van der Waals surface area contributed by atoms with Crippen molar-refractivity contribution in [1.29, 1.82) is 0 Å². The molecule has 0 aromatic heterocycles. The van der Waals surface area contributed by atoms with E-state index in [9.17, 15) is 0 Å². The molecule has 16 heavy (non-hydrogen) atoms. The van der Waals surface area contributed by atoms with Gasteiger partial charge in [-0.2, -0.15) is 0 Å². The molecule has 0 radical (unpaired) electrons. The molecule has 0 aliphatic carbocycles. The van der Waals surface area contributed by atoms with Crippen LogP contribution in [0.5, 0.6) is 0 Å². The van der Waals surface area contributed by atoms with E-state index in [1.54, 1.807) is 0 Å². The van der Waals surface area contributed by atoms with Gasteiger partial charge in [0.25, 0.3) is 0 Å². The third-order valence-corrected chi connectivity index (χ3v) is 2.66. The third-order valence-electron chi connectivity index (χ3n) is 2.66. The Labute approximate surface area is 98.8 Å². The zero-order valence-electron chi connectivity index (χ0n) is 10.2. The molecule has 1 nitrogen and oxygen atoms in total. The van der Waals surface area contributed by atoms with E-state index < -0.39 is 0 Å². The molecule has 1 aromatic carbocycles. The standard InChI is InChI=1S/C15H22O/c1-2-3-4-5-6-7-14-8-10-15(11-9-14)12-13-16/h6-11,16H,2-5,12-13H2,1H3/b7-6-. The second-order valence-corrected chi connectivity index (χ2v) is 4.11. The third kappa shape index (κ3) is 5.13. The van der Waals surface area contributed by atoms with Crippen molar-refractivity contribution in [2.24, 2.45) is 0 Å². The average molecular weight is 218 g/mol. The van der Waals surface area contributed by atoms with Crippen LogP contribution in [0.25, 0.3) is 6.08 Å². The van der Waals surface area contributed by atoms with Crippen molar-refractivity contribution in [3.8, 4) is 0 Å². The van der Waals surface area contributed by atoms with Crippen molar-refractivity contribution in [2.45, 2.75) is 39.0 Å². The van der Waals surface area contributed by atoms with Crippen molar-refractivity contribution in [2.75, 3.05) is 6.61 Å². The van der Waals surface area contributed by atoms with Crippen molar-refractivity contribution < 1.29 is 5.11 Å². The molecule has 0 atom stereocenters. The van der Waals surface area contributed by atoms with E-state index in [0.29, 0.717) is 0 Å². The fourth-order valence-corrected chi connectivity index (χ4v) is 1.66. The van der Waals surface area contributed by atoms with Crippen molar-refractivity contribution >= 4 is 6.08 Å². The van der Waals surface area contributed by atoms with Crippen LogP contribution in [0.15, 0.2) is 30.3 Å². The highest BCUT2D eigenvalue weighted by atomic mass is 16.2. The minimum absolute atomic E-state index is 0.228. The molecule has 0 unspecified atom stereocenters. The molecule has 0 spiro atoms. The number of hydrogen-bond donors (Lipinski definition) is 1. The molecule has 0 amide bonds. The molecule has 1 aromatic rings. The van der Waals surface area contributed by atoms with Gasteiger partial charge < -0.3 is 5.11 Å². The Balaban J connectivity index is 2.36. The molecule has 0 saturated carbocycles. The van der Waals surface area contributed by atoms with E-state index in [1.807, 2.05) is 0 Å². The summed E-state index contributed by atoms with van der Waals surface area (Å²) in [4.78, 5) is 0. The lowest BCUT2D eigenvalue weighted by Gasteiger charge is -1.99. The van der Waals surface area contributed by atoms with Gasteiger partial charge >= 0.3 is 0 Å². The Hall–Kier alpha value is -1.08. The number of aliphatic hydroxyl groups is 1. The maximum atomic E-state index is 8.80. The van der Waals surface area contributed by atoms with Crippen LogP contribution in [-0.2, 0) is 6.42 Å². The van der Waals surface area contributed by atoms with E-state index in [4.69, 9.17) is 5.11 Å². The smallest absolute Gasteiger partial charge is 0.0471 e. The number of hydrogen-bond acceptors (Lipinski definition) is 1. The molecule has 0 fully saturated rings. The highest BCUT2D eigenvalue weighted by Crippen LogP contribution is 2.08. The Kier molecular flexibility index (Phi) is 6.59. The Morgan fingerprint density at radius 1 is 1.12 bits per heavy atom. The maximum Gasteiger partial charge on any atom is 0.0471 e. The van der Waals surface area contributed by atoms with Crippen molar-refractivity contribution in [3.63, 3.8) is 0 Å². The molecule has 1 N–H and O–H groups in total. The second kappa shape index (κ2) is 8.12. The Bertz CT molecular complexity index is 298. The van der Waals surface area contributed by atoms with E-state index in [2.05, 4.69) is 43.3 Å². The van der Waals surface area contributed by atoms with Gasteiger partial charge in [-0.15, -0.1) is 0 Å². The van der Waals surface area contributed by atoms with E-state index >= 15 is 0 Å². The Morgan fingerprint density at radius 2 is 1.88 bits per heavy atom. The van der Waals surface area contributed by atoms with Gasteiger partial charge in [0, 0.05) is 6.61 Å². The van der Waals surface area contributed by atoms with Gasteiger partial charge in [0.1, 0.15) is 0 Å². The topological polar surface area (TPSA) is 20.2 Å². The van der Waals surface area contributed by atoms with Crippen molar-refractivity contribution in [3.05, 3.63) is 41.5 Å². The van der Waals surface area contributed by atoms with E-state index in [0.717, 1.165) is 6.42 Å². The largest absolute Gasteiger partial charge is 0.396 e. The number of aliphatic hydroxyl groups excluding tert-OH is 1. The first-order valence-corrected chi connectivity index (χ1v) is 6.23. The van der Waals surface area contributed by atoms with Crippen molar-refractivity contribution in [1.82, 2.24) is 0 Å². The van der Waals surface area contributed by atoms with Crippen LogP contribution in [0, 0.1) is 0 Å². The summed E-state index contributed by atoms with van der Waals surface area (Å²) in [5, 5.41) is 8.80. The van der Waals surface area contributed by atoms with Crippen LogP contribution >= 0.6 is 0 Å². The normalized spacial score (nSPS) is 11.1. The number of benzene rings is 1. The van der Waals surface area contributed by atoms with Gasteiger partial charge in [-0.05, 0) is 30.4 Å². The van der Waals surface area contributed by atoms with Gasteiger partial charge in [-0.3, -0.25) is 0 Å². The fraction of sp³-hybridized carbons (Fsp3) is 0.467. The zero-order chi connectivity index (χ0) is 11.6. The monoisotopic (exact) mass is 218 g/mol. The SMILES string of the molecule is CCCCC/C=C\c1ccc(CCO)cc1. The lowest BCUT2D eigenvalue weighted by Crippen LogP contribution is -1.89. The summed E-state index contributed by atoms with van der Waals surface area (Å²) in [6, 6.07) is 8.40. The van der Waals surface area contributed by atoms with Gasteiger partial charge in [0.15, 0.2) is 0 Å². The minimum Gasteiger partial charge on any atom is -0.396 e. The molecule has 88 valence electrons. The summed E-state index contributed by atoms with van der Waals surface area (Å²) >= 11 is 0.